The first-order valence-corrected chi connectivity index (χ1v) is 5.12. The molecule has 0 aromatic heterocycles. The van der Waals surface area contributed by atoms with Crippen LogP contribution in [0.1, 0.15) is 39.5 Å². The Labute approximate surface area is 83.4 Å². The molecule has 3 amide bonds. The smallest absolute Gasteiger partial charge is 0.322 e. The van der Waals surface area contributed by atoms with Crippen LogP contribution in [0.3, 0.4) is 0 Å². The summed E-state index contributed by atoms with van der Waals surface area (Å²) in [6.45, 7) is 4.11. The first-order chi connectivity index (χ1) is 6.48. The average Bonchev–Trinajstić information content (AvgIpc) is 2.35. The van der Waals surface area contributed by atoms with Gasteiger partial charge in [0.25, 0.3) is 5.91 Å². The second-order valence-corrected chi connectivity index (χ2v) is 4.90. The Kier molecular flexibility index (Phi) is 1.84. The fourth-order valence-electron chi connectivity index (χ4n) is 2.65. The predicted octanol–water partition coefficient (Wildman–Crippen LogP) is 1.16. The van der Waals surface area contributed by atoms with E-state index in [4.69, 9.17) is 0 Å². The molecule has 0 bridgehead atoms. The molecule has 1 atom stereocenters. The summed E-state index contributed by atoms with van der Waals surface area (Å²) < 4.78 is 0. The minimum atomic E-state index is -0.650. The average molecular weight is 196 g/mol. The Hall–Kier alpha value is -1.06. The topological polar surface area (TPSA) is 58.2 Å². The van der Waals surface area contributed by atoms with Crippen molar-refractivity contribution in [1.29, 1.82) is 0 Å². The number of urea groups is 1. The van der Waals surface area contributed by atoms with Crippen LogP contribution in [-0.2, 0) is 4.79 Å². The van der Waals surface area contributed by atoms with Crippen molar-refractivity contribution in [3.8, 4) is 0 Å². The van der Waals surface area contributed by atoms with Crippen LogP contribution < -0.4 is 10.6 Å². The first-order valence-electron chi connectivity index (χ1n) is 5.12. The van der Waals surface area contributed by atoms with E-state index in [0.29, 0.717) is 0 Å². The third-order valence-electron chi connectivity index (χ3n) is 3.70. The number of amides is 3. The van der Waals surface area contributed by atoms with Crippen molar-refractivity contribution in [3.63, 3.8) is 0 Å². The molecule has 0 aromatic carbocycles. The van der Waals surface area contributed by atoms with Crippen LogP contribution in [0.5, 0.6) is 0 Å². The van der Waals surface area contributed by atoms with Gasteiger partial charge in [-0.25, -0.2) is 4.79 Å². The molecule has 2 rings (SSSR count). The lowest BCUT2D eigenvalue weighted by atomic mass is 9.63. The molecule has 1 unspecified atom stereocenters. The van der Waals surface area contributed by atoms with Crippen LogP contribution in [0.15, 0.2) is 0 Å². The Morgan fingerprint density at radius 2 is 1.79 bits per heavy atom. The lowest BCUT2D eigenvalue weighted by Crippen LogP contribution is -2.59. The minimum absolute atomic E-state index is 0.137. The van der Waals surface area contributed by atoms with Gasteiger partial charge < -0.3 is 5.32 Å². The number of hydrogen-bond donors (Lipinski definition) is 2. The molecule has 2 fully saturated rings. The third-order valence-corrected chi connectivity index (χ3v) is 3.70. The van der Waals surface area contributed by atoms with Crippen molar-refractivity contribution in [2.75, 3.05) is 0 Å². The monoisotopic (exact) mass is 196 g/mol. The van der Waals surface area contributed by atoms with E-state index in [1.807, 2.05) is 0 Å². The van der Waals surface area contributed by atoms with Gasteiger partial charge in [0.15, 0.2) is 0 Å². The second kappa shape index (κ2) is 2.72. The molecule has 4 nitrogen and oxygen atoms in total. The standard InChI is InChI=1S/C10H16N2O2/c1-9(2)5-3-4-6-10(9)7(13)11-8(14)12-10/h3-6H2,1-2H3,(H2,11,12,13,14). The van der Waals surface area contributed by atoms with Gasteiger partial charge in [0, 0.05) is 0 Å². The summed E-state index contributed by atoms with van der Waals surface area (Å²) in [4.78, 5) is 23.0. The van der Waals surface area contributed by atoms with Crippen LogP contribution in [-0.4, -0.2) is 17.5 Å². The molecule has 4 heteroatoms. The molecule has 1 saturated carbocycles. The third kappa shape index (κ3) is 1.06. The van der Waals surface area contributed by atoms with Crippen molar-refractivity contribution in [3.05, 3.63) is 0 Å². The van der Waals surface area contributed by atoms with Crippen LogP contribution in [0, 0.1) is 5.41 Å². The van der Waals surface area contributed by atoms with Crippen molar-refractivity contribution < 1.29 is 9.59 Å². The van der Waals surface area contributed by atoms with E-state index in [0.717, 1.165) is 25.7 Å². The highest BCUT2D eigenvalue weighted by molar-refractivity contribution is 6.07. The van der Waals surface area contributed by atoms with Gasteiger partial charge in [-0.15, -0.1) is 0 Å². The number of imide groups is 1. The highest BCUT2D eigenvalue weighted by Crippen LogP contribution is 2.45. The van der Waals surface area contributed by atoms with Crippen LogP contribution in [0.4, 0.5) is 4.79 Å². The zero-order valence-electron chi connectivity index (χ0n) is 8.64. The predicted molar refractivity (Wildman–Crippen MR) is 51.7 cm³/mol. The van der Waals surface area contributed by atoms with E-state index >= 15 is 0 Å². The highest BCUT2D eigenvalue weighted by atomic mass is 16.2. The molecular formula is C10H16N2O2. The van der Waals surface area contributed by atoms with Gasteiger partial charge in [-0.2, -0.15) is 0 Å². The van der Waals surface area contributed by atoms with E-state index in [2.05, 4.69) is 24.5 Å². The normalized spacial score (nSPS) is 35.6. The van der Waals surface area contributed by atoms with Gasteiger partial charge in [0.1, 0.15) is 5.54 Å². The van der Waals surface area contributed by atoms with Gasteiger partial charge in [0.2, 0.25) is 0 Å². The summed E-state index contributed by atoms with van der Waals surface area (Å²) in [6, 6.07) is -0.343. The summed E-state index contributed by atoms with van der Waals surface area (Å²) in [6.07, 6.45) is 3.90. The molecule has 2 N–H and O–H groups in total. The molecule has 1 saturated heterocycles. The number of carbonyl (C=O) groups excluding carboxylic acids is 2. The lowest BCUT2D eigenvalue weighted by molar-refractivity contribution is -0.130. The van der Waals surface area contributed by atoms with Crippen molar-refractivity contribution in [2.45, 2.75) is 45.1 Å². The maximum atomic E-state index is 11.8. The molecule has 1 spiro atoms. The molecule has 1 heterocycles. The number of nitrogens with one attached hydrogen (secondary N) is 2. The SMILES string of the molecule is CC1(C)CCCCC12NC(=O)NC2=O. The number of rotatable bonds is 0. The summed E-state index contributed by atoms with van der Waals surface area (Å²) >= 11 is 0. The van der Waals surface area contributed by atoms with E-state index in [1.54, 1.807) is 0 Å². The molecular weight excluding hydrogens is 180 g/mol. The largest absolute Gasteiger partial charge is 0.323 e. The summed E-state index contributed by atoms with van der Waals surface area (Å²) in [5.41, 5.74) is -0.788. The first kappa shape index (κ1) is 9.49. The molecule has 0 aromatic rings. The quantitative estimate of drug-likeness (QED) is 0.571. The fraction of sp³-hybridized carbons (Fsp3) is 0.800. The van der Waals surface area contributed by atoms with Crippen LogP contribution >= 0.6 is 0 Å². The van der Waals surface area contributed by atoms with Gasteiger partial charge in [-0.05, 0) is 18.3 Å². The van der Waals surface area contributed by atoms with Crippen molar-refractivity contribution in [2.24, 2.45) is 5.41 Å². The zero-order valence-corrected chi connectivity index (χ0v) is 8.64. The van der Waals surface area contributed by atoms with E-state index in [1.165, 1.54) is 0 Å². The molecule has 14 heavy (non-hydrogen) atoms. The number of hydrogen-bond acceptors (Lipinski definition) is 2. The molecule has 78 valence electrons. The zero-order chi connectivity index (χ0) is 10.4. The molecule has 1 aliphatic carbocycles. The van der Waals surface area contributed by atoms with Crippen LogP contribution in [0.25, 0.3) is 0 Å². The Morgan fingerprint density at radius 1 is 1.14 bits per heavy atom. The fourth-order valence-corrected chi connectivity index (χ4v) is 2.65. The van der Waals surface area contributed by atoms with Gasteiger partial charge in [-0.1, -0.05) is 26.7 Å². The van der Waals surface area contributed by atoms with Gasteiger partial charge in [-0.3, -0.25) is 10.1 Å². The molecule has 1 aliphatic heterocycles. The number of carbonyl (C=O) groups is 2. The summed E-state index contributed by atoms with van der Waals surface area (Å²) in [5, 5.41) is 5.15. The van der Waals surface area contributed by atoms with Crippen LogP contribution in [0.2, 0.25) is 0 Å². The Bertz CT molecular complexity index is 298. The van der Waals surface area contributed by atoms with E-state index < -0.39 is 5.54 Å². The van der Waals surface area contributed by atoms with Crippen molar-refractivity contribution in [1.82, 2.24) is 10.6 Å². The van der Waals surface area contributed by atoms with Gasteiger partial charge in [0.05, 0.1) is 0 Å². The Balaban J connectivity index is 2.37. The maximum Gasteiger partial charge on any atom is 0.322 e. The van der Waals surface area contributed by atoms with Gasteiger partial charge >= 0.3 is 6.03 Å². The summed E-state index contributed by atoms with van der Waals surface area (Å²) in [5.74, 6) is -0.146. The summed E-state index contributed by atoms with van der Waals surface area (Å²) in [7, 11) is 0. The van der Waals surface area contributed by atoms with Crippen molar-refractivity contribution >= 4 is 11.9 Å². The molecule has 2 aliphatic rings. The highest BCUT2D eigenvalue weighted by Gasteiger charge is 2.56. The Morgan fingerprint density at radius 3 is 2.29 bits per heavy atom. The minimum Gasteiger partial charge on any atom is -0.323 e. The second-order valence-electron chi connectivity index (χ2n) is 4.90. The van der Waals surface area contributed by atoms with E-state index in [-0.39, 0.29) is 17.4 Å². The van der Waals surface area contributed by atoms with E-state index in [9.17, 15) is 9.59 Å². The lowest BCUT2D eigenvalue weighted by Gasteiger charge is -2.45. The maximum absolute atomic E-state index is 11.8. The molecule has 0 radical (unpaired) electrons.